The van der Waals surface area contributed by atoms with Crippen molar-refractivity contribution < 1.29 is 14.3 Å². The number of methoxy groups -OCH3 is 2. The summed E-state index contributed by atoms with van der Waals surface area (Å²) in [4.78, 5) is 17.3. The Morgan fingerprint density at radius 1 is 1.03 bits per heavy atom. The van der Waals surface area contributed by atoms with Gasteiger partial charge in [0.15, 0.2) is 11.5 Å². The molecule has 0 fully saturated rings. The highest BCUT2D eigenvalue weighted by Gasteiger charge is 2.22. The third kappa shape index (κ3) is 7.04. The molecule has 0 spiro atoms. The van der Waals surface area contributed by atoms with Crippen LogP contribution in [0.3, 0.4) is 0 Å². The van der Waals surface area contributed by atoms with E-state index in [1.54, 1.807) is 14.2 Å². The van der Waals surface area contributed by atoms with Crippen LogP contribution in [0.4, 0.5) is 0 Å². The number of fused-ring (bicyclic) bond motifs is 2. The van der Waals surface area contributed by atoms with Crippen molar-refractivity contribution in [3.05, 3.63) is 58.0 Å². The number of likely N-dealkylation sites (N-methyl/N-ethyl adjacent to an activating group) is 1. The van der Waals surface area contributed by atoms with Crippen LogP contribution in [0.2, 0.25) is 0 Å². The van der Waals surface area contributed by atoms with Crippen LogP contribution in [0.5, 0.6) is 11.5 Å². The van der Waals surface area contributed by atoms with Crippen LogP contribution in [-0.2, 0) is 24.1 Å². The number of benzene rings is 2. The zero-order valence-electron chi connectivity index (χ0n) is 21.0. The minimum atomic E-state index is 0. The number of hydrogen-bond acceptors (Lipinski definition) is 5. The molecule has 35 heavy (non-hydrogen) atoms. The fourth-order valence-corrected chi connectivity index (χ4v) is 5.57. The van der Waals surface area contributed by atoms with E-state index in [-0.39, 0.29) is 30.7 Å². The van der Waals surface area contributed by atoms with Gasteiger partial charge in [0.25, 0.3) is 0 Å². The second kappa shape index (κ2) is 13.4. The molecule has 192 valence electrons. The number of hydrogen-bond donors (Lipinski definition) is 0. The molecule has 5 nitrogen and oxygen atoms in total. The van der Waals surface area contributed by atoms with E-state index < -0.39 is 0 Å². The summed E-state index contributed by atoms with van der Waals surface area (Å²) in [5.41, 5.74) is 4.99. The van der Waals surface area contributed by atoms with E-state index in [0.29, 0.717) is 12.2 Å². The summed E-state index contributed by atoms with van der Waals surface area (Å²) in [7, 11) is 5.46. The predicted molar refractivity (Wildman–Crippen MR) is 150 cm³/mol. The Kier molecular flexibility index (Phi) is 11.2. The van der Waals surface area contributed by atoms with Gasteiger partial charge in [-0.05, 0) is 85.4 Å². The molecule has 0 aliphatic carbocycles. The van der Waals surface area contributed by atoms with E-state index >= 15 is 0 Å². The van der Waals surface area contributed by atoms with Gasteiger partial charge in [-0.1, -0.05) is 17.7 Å². The Hall–Kier alpha value is -1.99. The number of rotatable bonds is 9. The van der Waals surface area contributed by atoms with Crippen molar-refractivity contribution in [3.8, 4) is 11.5 Å². The van der Waals surface area contributed by atoms with Gasteiger partial charge in [0.2, 0.25) is 5.91 Å². The van der Waals surface area contributed by atoms with Crippen molar-refractivity contribution in [2.24, 2.45) is 0 Å². The average Bonchev–Trinajstić information content (AvgIpc) is 3.14. The highest BCUT2D eigenvalue weighted by atomic mass is 35.5. The van der Waals surface area contributed by atoms with E-state index in [1.807, 2.05) is 28.4 Å². The largest absolute Gasteiger partial charge is 0.493 e. The van der Waals surface area contributed by atoms with Crippen molar-refractivity contribution in [3.63, 3.8) is 0 Å². The number of aryl methyl sites for hydroxylation is 1. The lowest BCUT2D eigenvalue weighted by molar-refractivity contribution is -0.130. The predicted octanol–water partition coefficient (Wildman–Crippen LogP) is 5.56. The zero-order chi connectivity index (χ0) is 23.4. The van der Waals surface area contributed by atoms with Gasteiger partial charge < -0.3 is 19.3 Å². The standard InChI is InChI=1S/C27H34N2O3S.2ClH/c1-19-6-7-26-23(14-19)21(18-33-26)8-12-28(2)10-5-11-29-13-9-20-15-24(31-3)25(32-4)16-22(20)17-27(29)30;;/h6-7,14-16,18H,5,8-13,17H2,1-4H3;2*1H. The van der Waals surface area contributed by atoms with E-state index in [2.05, 4.69) is 42.5 Å². The molecule has 0 saturated heterocycles. The first-order chi connectivity index (χ1) is 16.0. The molecule has 1 aliphatic heterocycles. The summed E-state index contributed by atoms with van der Waals surface area (Å²) in [6.07, 6.45) is 3.31. The lowest BCUT2D eigenvalue weighted by Crippen LogP contribution is -2.35. The summed E-state index contributed by atoms with van der Waals surface area (Å²) >= 11 is 1.83. The molecule has 2 heterocycles. The Bertz CT molecular complexity index is 1140. The Balaban J connectivity index is 0.00000216. The number of halogens is 2. The molecule has 1 aromatic heterocycles. The fourth-order valence-electron chi connectivity index (χ4n) is 4.60. The van der Waals surface area contributed by atoms with Crippen LogP contribution >= 0.6 is 36.2 Å². The maximum absolute atomic E-state index is 12.9. The third-order valence-corrected chi connectivity index (χ3v) is 7.60. The third-order valence-electron chi connectivity index (χ3n) is 6.59. The molecule has 4 rings (SSSR count). The van der Waals surface area contributed by atoms with Gasteiger partial charge in [-0.3, -0.25) is 4.79 Å². The van der Waals surface area contributed by atoms with Gasteiger partial charge in [0.05, 0.1) is 20.6 Å². The Morgan fingerprint density at radius 2 is 1.74 bits per heavy atom. The molecule has 0 unspecified atom stereocenters. The SMILES string of the molecule is COc1cc2c(cc1OC)CC(=O)N(CCCN(C)CCc1csc3ccc(C)cc13)CC2.Cl.Cl. The van der Waals surface area contributed by atoms with Crippen LogP contribution in [-0.4, -0.2) is 63.2 Å². The minimum absolute atomic E-state index is 0. The van der Waals surface area contributed by atoms with Crippen LogP contribution in [0, 0.1) is 6.92 Å². The summed E-state index contributed by atoms with van der Waals surface area (Å²) in [5.74, 6) is 1.61. The van der Waals surface area contributed by atoms with Crippen molar-refractivity contribution in [1.82, 2.24) is 9.80 Å². The number of nitrogens with zero attached hydrogens (tertiary/aromatic N) is 2. The number of carbonyl (C=O) groups excluding carboxylic acids is 1. The van der Waals surface area contributed by atoms with Crippen LogP contribution in [0.1, 0.15) is 28.7 Å². The number of ether oxygens (including phenoxy) is 2. The van der Waals surface area contributed by atoms with Gasteiger partial charge in [-0.15, -0.1) is 36.2 Å². The number of carbonyl (C=O) groups is 1. The van der Waals surface area contributed by atoms with Crippen molar-refractivity contribution in [1.29, 1.82) is 0 Å². The molecule has 0 radical (unpaired) electrons. The second-order valence-corrected chi connectivity index (χ2v) is 9.86. The topological polar surface area (TPSA) is 42.0 Å². The molecule has 0 bridgehead atoms. The molecular weight excluding hydrogens is 503 g/mol. The van der Waals surface area contributed by atoms with Crippen molar-refractivity contribution in [2.45, 2.75) is 32.6 Å². The quantitative estimate of drug-likeness (QED) is 0.357. The molecule has 8 heteroatoms. The average molecular weight is 540 g/mol. The first kappa shape index (κ1) is 29.2. The highest BCUT2D eigenvalue weighted by molar-refractivity contribution is 7.17. The maximum atomic E-state index is 12.9. The van der Waals surface area contributed by atoms with E-state index in [4.69, 9.17) is 9.47 Å². The van der Waals surface area contributed by atoms with Gasteiger partial charge in [-0.25, -0.2) is 0 Å². The number of thiophene rings is 1. The summed E-state index contributed by atoms with van der Waals surface area (Å²) in [5, 5.41) is 3.70. The smallest absolute Gasteiger partial charge is 0.227 e. The zero-order valence-corrected chi connectivity index (χ0v) is 23.4. The highest BCUT2D eigenvalue weighted by Crippen LogP contribution is 2.32. The molecular formula is C27H36Cl2N2O3S. The van der Waals surface area contributed by atoms with Crippen molar-refractivity contribution in [2.75, 3.05) is 47.4 Å². The summed E-state index contributed by atoms with van der Waals surface area (Å²) in [6.45, 7) is 5.72. The summed E-state index contributed by atoms with van der Waals surface area (Å²) < 4.78 is 12.2. The lowest BCUT2D eigenvalue weighted by atomic mass is 10.0. The van der Waals surface area contributed by atoms with E-state index in [1.165, 1.54) is 26.8 Å². The van der Waals surface area contributed by atoms with Crippen molar-refractivity contribution >= 4 is 52.1 Å². The minimum Gasteiger partial charge on any atom is -0.493 e. The van der Waals surface area contributed by atoms with E-state index in [9.17, 15) is 4.79 Å². The maximum Gasteiger partial charge on any atom is 0.227 e. The molecule has 1 aliphatic rings. The first-order valence-electron chi connectivity index (χ1n) is 11.7. The van der Waals surface area contributed by atoms with Gasteiger partial charge in [0.1, 0.15) is 0 Å². The second-order valence-electron chi connectivity index (χ2n) is 8.95. The van der Waals surface area contributed by atoms with Gasteiger partial charge >= 0.3 is 0 Å². The molecule has 2 aromatic carbocycles. The molecule has 0 saturated carbocycles. The first-order valence-corrected chi connectivity index (χ1v) is 12.5. The molecule has 0 atom stereocenters. The fraction of sp³-hybridized carbons (Fsp3) is 0.444. The Morgan fingerprint density at radius 3 is 2.46 bits per heavy atom. The normalized spacial score (nSPS) is 13.2. The lowest BCUT2D eigenvalue weighted by Gasteiger charge is -2.22. The van der Waals surface area contributed by atoms with Crippen LogP contribution in [0.15, 0.2) is 35.7 Å². The monoisotopic (exact) mass is 538 g/mol. The van der Waals surface area contributed by atoms with Crippen LogP contribution in [0.25, 0.3) is 10.1 Å². The Labute approximate surface area is 225 Å². The molecule has 1 amide bonds. The van der Waals surface area contributed by atoms with Crippen LogP contribution < -0.4 is 9.47 Å². The number of amides is 1. The van der Waals surface area contributed by atoms with E-state index in [0.717, 1.165) is 56.8 Å². The molecule has 0 N–H and O–H groups in total. The summed E-state index contributed by atoms with van der Waals surface area (Å²) in [6, 6.07) is 10.7. The van der Waals surface area contributed by atoms with Gasteiger partial charge in [-0.2, -0.15) is 0 Å². The van der Waals surface area contributed by atoms with Gasteiger partial charge in [0, 0.05) is 24.3 Å². The molecule has 3 aromatic rings.